The van der Waals surface area contributed by atoms with Crippen LogP contribution in [0.2, 0.25) is 0 Å². The highest BCUT2D eigenvalue weighted by Gasteiger charge is 2.32. The Morgan fingerprint density at radius 3 is 2.56 bits per heavy atom. The van der Waals surface area contributed by atoms with Crippen molar-refractivity contribution in [3.05, 3.63) is 0 Å². The fraction of sp³-hybridized carbons (Fsp3) is 1.00. The van der Waals surface area contributed by atoms with E-state index in [1.165, 1.54) is 38.5 Å². The summed E-state index contributed by atoms with van der Waals surface area (Å²) in [6.45, 7) is 3.25. The first kappa shape index (κ1) is 13.9. The zero-order valence-electron chi connectivity index (χ0n) is 10.5. The van der Waals surface area contributed by atoms with Crippen molar-refractivity contribution >= 4 is 0 Å². The summed E-state index contributed by atoms with van der Waals surface area (Å²) in [6.07, 6.45) is 9.32. The van der Waals surface area contributed by atoms with Gasteiger partial charge in [-0.15, -0.1) is 0 Å². The summed E-state index contributed by atoms with van der Waals surface area (Å²) in [4.78, 5) is 0. The van der Waals surface area contributed by atoms with Gasteiger partial charge in [0.25, 0.3) is 0 Å². The van der Waals surface area contributed by atoms with E-state index in [4.69, 9.17) is 9.47 Å². The molecule has 0 aromatic carbocycles. The lowest BCUT2D eigenvalue weighted by Gasteiger charge is -2.14. The number of epoxide rings is 1. The number of hydrogen-bond donors (Lipinski definition) is 0. The maximum absolute atomic E-state index is 10.4. The zero-order valence-corrected chi connectivity index (χ0v) is 10.5. The van der Waals surface area contributed by atoms with Crippen LogP contribution in [0.25, 0.3) is 0 Å². The molecule has 1 fully saturated rings. The van der Waals surface area contributed by atoms with Crippen molar-refractivity contribution in [2.75, 3.05) is 19.8 Å². The van der Waals surface area contributed by atoms with Crippen LogP contribution >= 0.6 is 0 Å². The molecule has 0 bridgehead atoms. The fourth-order valence-corrected chi connectivity index (χ4v) is 1.97. The normalized spacial score (nSPS) is 21.0. The summed E-state index contributed by atoms with van der Waals surface area (Å²) < 4.78 is 10.7. The zero-order chi connectivity index (χ0) is 11.6. The van der Waals surface area contributed by atoms with E-state index in [1.54, 1.807) is 0 Å². The molecule has 1 saturated heterocycles. The van der Waals surface area contributed by atoms with Gasteiger partial charge >= 0.3 is 0 Å². The van der Waals surface area contributed by atoms with Gasteiger partial charge in [0, 0.05) is 0 Å². The molecule has 95 valence electrons. The highest BCUT2D eigenvalue weighted by molar-refractivity contribution is 4.79. The number of ether oxygens (including phenoxy) is 2. The largest absolute Gasteiger partial charge is 0.373 e. The Morgan fingerprint density at radius 2 is 1.94 bits per heavy atom. The smallest absolute Gasteiger partial charge is 0.107 e. The van der Waals surface area contributed by atoms with E-state index in [1.807, 2.05) is 0 Å². The molecule has 16 heavy (non-hydrogen) atoms. The average molecular weight is 229 g/mol. The molecule has 1 aliphatic heterocycles. The second-order valence-corrected chi connectivity index (χ2v) is 4.54. The lowest BCUT2D eigenvalue weighted by molar-refractivity contribution is -0.00583. The highest BCUT2D eigenvalue weighted by Crippen LogP contribution is 2.22. The highest BCUT2D eigenvalue weighted by atomic mass is 16.6. The maximum Gasteiger partial charge on any atom is 0.107 e. The molecular weight excluding hydrogens is 204 g/mol. The summed E-state index contributed by atoms with van der Waals surface area (Å²) in [5, 5.41) is 10.4. The summed E-state index contributed by atoms with van der Waals surface area (Å²) in [7, 11) is 0. The molecule has 1 aliphatic rings. The average Bonchev–Trinajstić information content (AvgIpc) is 3.11. The molecule has 2 unspecified atom stereocenters. The van der Waals surface area contributed by atoms with Gasteiger partial charge in [-0.2, -0.15) is 0 Å². The van der Waals surface area contributed by atoms with Gasteiger partial charge in [0.05, 0.1) is 19.3 Å². The molecule has 3 heteroatoms. The molecule has 0 saturated carbocycles. The van der Waals surface area contributed by atoms with Crippen LogP contribution in [0.3, 0.4) is 0 Å². The minimum absolute atomic E-state index is 0.139. The Hall–Kier alpha value is -0.120. The van der Waals surface area contributed by atoms with Crippen molar-refractivity contribution in [3.63, 3.8) is 0 Å². The van der Waals surface area contributed by atoms with E-state index in [0.717, 1.165) is 13.0 Å². The van der Waals surface area contributed by atoms with E-state index in [0.29, 0.717) is 6.61 Å². The standard InChI is InChI=1S/C13H25O3/c1-2-3-4-5-6-7-8-12(13-11-16-13)15-10-9-14/h12-13H,2-11H2,1H3. The number of hydrogen-bond acceptors (Lipinski definition) is 2. The van der Waals surface area contributed by atoms with Crippen LogP contribution in [0.15, 0.2) is 0 Å². The van der Waals surface area contributed by atoms with E-state index < -0.39 is 0 Å². The van der Waals surface area contributed by atoms with E-state index in [9.17, 15) is 5.11 Å². The SMILES string of the molecule is CCCCCCCCC(OCC[O])C1CO1. The monoisotopic (exact) mass is 229 g/mol. The third kappa shape index (κ3) is 6.46. The Bertz CT molecular complexity index is 157. The van der Waals surface area contributed by atoms with Gasteiger partial charge in [0.15, 0.2) is 0 Å². The molecule has 0 amide bonds. The van der Waals surface area contributed by atoms with Gasteiger partial charge in [-0.05, 0) is 6.42 Å². The molecule has 0 aliphatic carbocycles. The molecule has 0 aromatic heterocycles. The molecule has 0 aromatic rings. The van der Waals surface area contributed by atoms with Crippen LogP contribution in [0, 0.1) is 0 Å². The van der Waals surface area contributed by atoms with Crippen LogP contribution in [0.1, 0.15) is 51.9 Å². The minimum atomic E-state index is -0.139. The molecule has 2 atom stereocenters. The summed E-state index contributed by atoms with van der Waals surface area (Å²) in [5.41, 5.74) is 0. The van der Waals surface area contributed by atoms with Gasteiger partial charge in [0.2, 0.25) is 0 Å². The topological polar surface area (TPSA) is 41.7 Å². The van der Waals surface area contributed by atoms with E-state index in [-0.39, 0.29) is 18.8 Å². The number of unbranched alkanes of at least 4 members (excludes halogenated alkanes) is 5. The predicted octanol–water partition coefficient (Wildman–Crippen LogP) is 2.95. The molecule has 0 N–H and O–H groups in total. The minimum Gasteiger partial charge on any atom is -0.373 e. The van der Waals surface area contributed by atoms with Crippen molar-refractivity contribution < 1.29 is 14.6 Å². The van der Waals surface area contributed by atoms with Gasteiger partial charge in [-0.25, -0.2) is 5.11 Å². The van der Waals surface area contributed by atoms with Crippen LogP contribution in [0.4, 0.5) is 0 Å². The molecule has 1 radical (unpaired) electrons. The first-order valence-electron chi connectivity index (χ1n) is 6.69. The lowest BCUT2D eigenvalue weighted by Crippen LogP contribution is -2.21. The first-order chi connectivity index (χ1) is 7.88. The molecular formula is C13H25O3. The van der Waals surface area contributed by atoms with Crippen molar-refractivity contribution in [2.45, 2.75) is 64.1 Å². The lowest BCUT2D eigenvalue weighted by atomic mass is 10.1. The fourth-order valence-electron chi connectivity index (χ4n) is 1.97. The summed E-state index contributed by atoms with van der Waals surface area (Å²) in [6, 6.07) is 0. The van der Waals surface area contributed by atoms with E-state index >= 15 is 0 Å². The second-order valence-electron chi connectivity index (χ2n) is 4.54. The van der Waals surface area contributed by atoms with Crippen LogP contribution < -0.4 is 0 Å². The van der Waals surface area contributed by atoms with Gasteiger partial charge in [0.1, 0.15) is 12.7 Å². The third-order valence-corrected chi connectivity index (χ3v) is 3.03. The Morgan fingerprint density at radius 1 is 1.25 bits per heavy atom. The molecule has 0 spiro atoms. The second kappa shape index (κ2) is 8.97. The molecule has 1 heterocycles. The Labute approximate surface area is 99.1 Å². The van der Waals surface area contributed by atoms with Crippen molar-refractivity contribution in [3.8, 4) is 0 Å². The van der Waals surface area contributed by atoms with Crippen molar-refractivity contribution in [1.29, 1.82) is 0 Å². The Balaban J connectivity index is 1.95. The van der Waals surface area contributed by atoms with Gasteiger partial charge in [-0.3, -0.25) is 0 Å². The Kier molecular flexibility index (Phi) is 7.81. The van der Waals surface area contributed by atoms with Crippen molar-refractivity contribution in [1.82, 2.24) is 0 Å². The quantitative estimate of drug-likeness (QED) is 0.404. The molecule has 1 rings (SSSR count). The maximum atomic E-state index is 10.4. The van der Waals surface area contributed by atoms with E-state index in [2.05, 4.69) is 6.92 Å². The number of rotatable bonds is 11. The van der Waals surface area contributed by atoms with Gasteiger partial charge in [-0.1, -0.05) is 45.4 Å². The summed E-state index contributed by atoms with van der Waals surface area (Å²) >= 11 is 0. The van der Waals surface area contributed by atoms with Crippen LogP contribution in [-0.4, -0.2) is 32.0 Å². The van der Waals surface area contributed by atoms with Crippen LogP contribution in [-0.2, 0) is 14.6 Å². The van der Waals surface area contributed by atoms with Crippen LogP contribution in [0.5, 0.6) is 0 Å². The van der Waals surface area contributed by atoms with Crippen molar-refractivity contribution in [2.24, 2.45) is 0 Å². The third-order valence-electron chi connectivity index (χ3n) is 3.03. The first-order valence-corrected chi connectivity index (χ1v) is 6.69. The summed E-state index contributed by atoms with van der Waals surface area (Å²) in [5.74, 6) is 0. The predicted molar refractivity (Wildman–Crippen MR) is 63.0 cm³/mol. The van der Waals surface area contributed by atoms with Gasteiger partial charge < -0.3 is 9.47 Å². The molecule has 3 nitrogen and oxygen atoms in total.